The van der Waals surface area contributed by atoms with Crippen LogP contribution in [0.2, 0.25) is 0 Å². The molecule has 0 heterocycles. The minimum atomic E-state index is -1.06. The number of carboxylic acid groups (broad SMARTS) is 1. The van der Waals surface area contributed by atoms with Crippen molar-refractivity contribution in [3.63, 3.8) is 0 Å². The molecule has 0 spiro atoms. The van der Waals surface area contributed by atoms with Gasteiger partial charge in [-0.2, -0.15) is 0 Å². The largest absolute Gasteiger partial charge is 0.482 e. The van der Waals surface area contributed by atoms with E-state index >= 15 is 0 Å². The van der Waals surface area contributed by atoms with Gasteiger partial charge in [-0.3, -0.25) is 9.59 Å². The number of carbonyl (C=O) groups is 3. The molecule has 3 N–H and O–H groups in total. The monoisotopic (exact) mass is 292 g/mol. The smallest absolute Gasteiger partial charge is 0.341 e. The lowest BCUT2D eigenvalue weighted by Gasteiger charge is -2.14. The quantitative estimate of drug-likeness (QED) is 0.666. The number of amides is 2. The van der Waals surface area contributed by atoms with Gasteiger partial charge in [0, 0.05) is 12.7 Å². The van der Waals surface area contributed by atoms with Crippen LogP contribution in [0.1, 0.15) is 12.8 Å². The summed E-state index contributed by atoms with van der Waals surface area (Å²) in [6.45, 7) is -0.425. The maximum Gasteiger partial charge on any atom is 0.341 e. The highest BCUT2D eigenvalue weighted by Crippen LogP contribution is 2.46. The van der Waals surface area contributed by atoms with E-state index in [1.165, 1.54) is 7.05 Å². The Balaban J connectivity index is 1.96. The van der Waals surface area contributed by atoms with Gasteiger partial charge < -0.3 is 20.5 Å². The van der Waals surface area contributed by atoms with Crippen molar-refractivity contribution in [2.45, 2.75) is 12.8 Å². The molecule has 0 aromatic heterocycles. The normalized spacial score (nSPS) is 14.9. The van der Waals surface area contributed by atoms with Gasteiger partial charge in [0.15, 0.2) is 6.61 Å². The molecule has 0 bridgehead atoms. The second-order valence-corrected chi connectivity index (χ2v) is 4.82. The molecule has 1 aromatic rings. The standard InChI is InChI=1S/C14H16N2O5/c1-15-12(19)14(6-7-14)13(20)16-9-2-4-10(5-3-9)21-8-11(17)18/h2-5H,6-8H2,1H3,(H,15,19)(H,16,20)(H,17,18). The Hall–Kier alpha value is -2.57. The maximum absolute atomic E-state index is 12.1. The Bertz CT molecular complexity index is 563. The van der Waals surface area contributed by atoms with Crippen LogP contribution in [0.3, 0.4) is 0 Å². The van der Waals surface area contributed by atoms with Crippen LogP contribution >= 0.6 is 0 Å². The second-order valence-electron chi connectivity index (χ2n) is 4.82. The van der Waals surface area contributed by atoms with Crippen LogP contribution in [0.5, 0.6) is 5.75 Å². The van der Waals surface area contributed by atoms with Crippen LogP contribution in [0.4, 0.5) is 5.69 Å². The van der Waals surface area contributed by atoms with E-state index in [-0.39, 0.29) is 11.8 Å². The van der Waals surface area contributed by atoms with Crippen LogP contribution in [0, 0.1) is 5.41 Å². The Morgan fingerprint density at radius 3 is 2.29 bits per heavy atom. The van der Waals surface area contributed by atoms with Gasteiger partial charge in [0.05, 0.1) is 0 Å². The van der Waals surface area contributed by atoms with E-state index < -0.39 is 18.0 Å². The fourth-order valence-corrected chi connectivity index (χ4v) is 1.95. The molecule has 1 aliphatic rings. The zero-order chi connectivity index (χ0) is 15.5. The van der Waals surface area contributed by atoms with E-state index in [1.807, 2.05) is 0 Å². The predicted molar refractivity (Wildman–Crippen MR) is 73.9 cm³/mol. The summed E-state index contributed by atoms with van der Waals surface area (Å²) in [5.74, 6) is -1.28. The molecule has 2 rings (SSSR count). The van der Waals surface area contributed by atoms with E-state index in [0.717, 1.165) is 0 Å². The first-order chi connectivity index (χ1) is 9.98. The molecule has 0 saturated heterocycles. The molecule has 112 valence electrons. The van der Waals surface area contributed by atoms with Crippen LogP contribution in [-0.2, 0) is 14.4 Å². The number of carboxylic acids is 1. The summed E-state index contributed by atoms with van der Waals surface area (Å²) < 4.78 is 4.99. The highest BCUT2D eigenvalue weighted by atomic mass is 16.5. The second kappa shape index (κ2) is 5.82. The van der Waals surface area contributed by atoms with Crippen LogP contribution < -0.4 is 15.4 Å². The lowest BCUT2D eigenvalue weighted by molar-refractivity contribution is -0.139. The number of aliphatic carboxylic acids is 1. The molecule has 1 saturated carbocycles. The molecular formula is C14H16N2O5. The zero-order valence-corrected chi connectivity index (χ0v) is 11.5. The fourth-order valence-electron chi connectivity index (χ4n) is 1.95. The Kier molecular flexibility index (Phi) is 4.11. The number of ether oxygens (including phenoxy) is 1. The van der Waals surface area contributed by atoms with Crippen molar-refractivity contribution < 1.29 is 24.2 Å². The first-order valence-corrected chi connectivity index (χ1v) is 6.46. The van der Waals surface area contributed by atoms with E-state index in [9.17, 15) is 14.4 Å². The fraction of sp³-hybridized carbons (Fsp3) is 0.357. The lowest BCUT2D eigenvalue weighted by atomic mass is 10.1. The number of hydrogen-bond acceptors (Lipinski definition) is 4. The van der Waals surface area contributed by atoms with Crippen LogP contribution in [-0.4, -0.2) is 36.5 Å². The van der Waals surface area contributed by atoms with Crippen LogP contribution in [0.25, 0.3) is 0 Å². The first kappa shape index (κ1) is 14.8. The molecule has 0 radical (unpaired) electrons. The summed E-state index contributed by atoms with van der Waals surface area (Å²) >= 11 is 0. The third-order valence-corrected chi connectivity index (χ3v) is 3.32. The molecule has 1 fully saturated rings. The van der Waals surface area contributed by atoms with E-state index in [4.69, 9.17) is 9.84 Å². The average molecular weight is 292 g/mol. The number of anilines is 1. The number of nitrogens with one attached hydrogen (secondary N) is 2. The average Bonchev–Trinajstić information content (AvgIpc) is 3.27. The van der Waals surface area contributed by atoms with E-state index in [2.05, 4.69) is 10.6 Å². The van der Waals surface area contributed by atoms with Crippen molar-refractivity contribution in [2.75, 3.05) is 19.0 Å². The zero-order valence-electron chi connectivity index (χ0n) is 11.5. The summed E-state index contributed by atoms with van der Waals surface area (Å²) in [4.78, 5) is 34.2. The van der Waals surface area contributed by atoms with Gasteiger partial charge in [0.1, 0.15) is 11.2 Å². The van der Waals surface area contributed by atoms with Crippen molar-refractivity contribution in [1.29, 1.82) is 0 Å². The lowest BCUT2D eigenvalue weighted by Crippen LogP contribution is -2.38. The van der Waals surface area contributed by atoms with Gasteiger partial charge in [-0.25, -0.2) is 4.79 Å². The number of hydrogen-bond donors (Lipinski definition) is 3. The number of carbonyl (C=O) groups excluding carboxylic acids is 2. The highest BCUT2D eigenvalue weighted by molar-refractivity contribution is 6.12. The molecule has 0 aliphatic heterocycles. The summed E-state index contributed by atoms with van der Waals surface area (Å²) in [6, 6.07) is 6.29. The molecular weight excluding hydrogens is 276 g/mol. The minimum Gasteiger partial charge on any atom is -0.482 e. The summed E-state index contributed by atoms with van der Waals surface area (Å²) in [6.07, 6.45) is 1.08. The maximum atomic E-state index is 12.1. The Morgan fingerprint density at radius 1 is 1.19 bits per heavy atom. The van der Waals surface area contributed by atoms with E-state index in [0.29, 0.717) is 24.3 Å². The van der Waals surface area contributed by atoms with Gasteiger partial charge in [-0.05, 0) is 37.1 Å². The molecule has 0 unspecified atom stereocenters. The van der Waals surface area contributed by atoms with Gasteiger partial charge in [-0.1, -0.05) is 0 Å². The first-order valence-electron chi connectivity index (χ1n) is 6.46. The van der Waals surface area contributed by atoms with E-state index in [1.54, 1.807) is 24.3 Å². The topological polar surface area (TPSA) is 105 Å². The SMILES string of the molecule is CNC(=O)C1(C(=O)Nc2ccc(OCC(=O)O)cc2)CC1. The Labute approximate surface area is 121 Å². The van der Waals surface area contributed by atoms with Crippen molar-refractivity contribution in [1.82, 2.24) is 5.32 Å². The number of benzene rings is 1. The van der Waals surface area contributed by atoms with Gasteiger partial charge in [-0.15, -0.1) is 0 Å². The summed E-state index contributed by atoms with van der Waals surface area (Å²) in [5.41, 5.74) is -0.425. The third kappa shape index (κ3) is 3.31. The molecule has 7 heteroatoms. The molecule has 1 aromatic carbocycles. The third-order valence-electron chi connectivity index (χ3n) is 3.32. The molecule has 21 heavy (non-hydrogen) atoms. The van der Waals surface area contributed by atoms with Gasteiger partial charge in [0.25, 0.3) is 0 Å². The highest BCUT2D eigenvalue weighted by Gasteiger charge is 2.56. The van der Waals surface area contributed by atoms with Crippen molar-refractivity contribution in [3.05, 3.63) is 24.3 Å². The van der Waals surface area contributed by atoms with Crippen molar-refractivity contribution >= 4 is 23.5 Å². The summed E-state index contributed by atoms with van der Waals surface area (Å²) in [5, 5.41) is 13.7. The summed E-state index contributed by atoms with van der Waals surface area (Å²) in [7, 11) is 1.50. The van der Waals surface area contributed by atoms with Crippen LogP contribution in [0.15, 0.2) is 24.3 Å². The van der Waals surface area contributed by atoms with Gasteiger partial charge >= 0.3 is 5.97 Å². The molecule has 1 aliphatic carbocycles. The van der Waals surface area contributed by atoms with Crippen molar-refractivity contribution in [2.24, 2.45) is 5.41 Å². The van der Waals surface area contributed by atoms with Gasteiger partial charge in [0.2, 0.25) is 11.8 Å². The number of rotatable bonds is 6. The molecule has 7 nitrogen and oxygen atoms in total. The minimum absolute atomic E-state index is 0.276. The molecule has 0 atom stereocenters. The van der Waals surface area contributed by atoms with Crippen molar-refractivity contribution in [3.8, 4) is 5.75 Å². The molecule has 2 amide bonds. The predicted octanol–water partition coefficient (Wildman–Crippen LogP) is 0.615. The Morgan fingerprint density at radius 2 is 1.81 bits per heavy atom.